The molecule has 1 fully saturated rings. The van der Waals surface area contributed by atoms with Crippen LogP contribution in [0.5, 0.6) is 0 Å². The molecule has 6 heteroatoms. The van der Waals surface area contributed by atoms with Gasteiger partial charge in [-0.25, -0.2) is 13.1 Å². The second-order valence-corrected chi connectivity index (χ2v) is 8.13. The first-order chi connectivity index (χ1) is 9.53. The molecule has 1 heterocycles. The van der Waals surface area contributed by atoms with Crippen LogP contribution in [0.15, 0.2) is 23.1 Å². The minimum Gasteiger partial charge on any atom is -0.392 e. The summed E-state index contributed by atoms with van der Waals surface area (Å²) in [5.41, 5.74) is 1.32. The van der Waals surface area contributed by atoms with Crippen molar-refractivity contribution in [1.82, 2.24) is 4.72 Å². The summed E-state index contributed by atoms with van der Waals surface area (Å²) < 4.78 is 27.5. The number of aliphatic hydroxyl groups excluding tert-OH is 1. The lowest BCUT2D eigenvalue weighted by molar-refractivity contribution is 0.281. The van der Waals surface area contributed by atoms with Crippen LogP contribution in [-0.4, -0.2) is 31.6 Å². The van der Waals surface area contributed by atoms with Gasteiger partial charge in [0.2, 0.25) is 10.0 Å². The van der Waals surface area contributed by atoms with Gasteiger partial charge in [0.1, 0.15) is 0 Å². The van der Waals surface area contributed by atoms with Gasteiger partial charge in [0.25, 0.3) is 0 Å². The summed E-state index contributed by atoms with van der Waals surface area (Å²) in [5, 5.41) is 9.13. The molecule has 2 N–H and O–H groups in total. The van der Waals surface area contributed by atoms with Gasteiger partial charge in [0.15, 0.2) is 0 Å². The average molecular weight is 315 g/mol. The Morgan fingerprint density at radius 3 is 2.70 bits per heavy atom. The van der Waals surface area contributed by atoms with Crippen LogP contribution in [0.3, 0.4) is 0 Å². The molecular formula is C14H21NO3S2. The lowest BCUT2D eigenvalue weighted by Crippen LogP contribution is -2.31. The van der Waals surface area contributed by atoms with Crippen molar-refractivity contribution in [1.29, 1.82) is 0 Å². The highest BCUT2D eigenvalue weighted by Gasteiger charge is 2.20. The molecule has 0 bridgehead atoms. The van der Waals surface area contributed by atoms with E-state index in [2.05, 4.69) is 4.72 Å². The predicted molar refractivity (Wildman–Crippen MR) is 82.3 cm³/mol. The van der Waals surface area contributed by atoms with E-state index in [4.69, 9.17) is 5.11 Å². The zero-order valence-corrected chi connectivity index (χ0v) is 13.3. The highest BCUT2D eigenvalue weighted by Crippen LogP contribution is 2.23. The van der Waals surface area contributed by atoms with Crippen molar-refractivity contribution < 1.29 is 13.5 Å². The van der Waals surface area contributed by atoms with Crippen molar-refractivity contribution in [2.75, 3.05) is 18.1 Å². The molecule has 1 aromatic carbocycles. The van der Waals surface area contributed by atoms with Gasteiger partial charge in [0.05, 0.1) is 11.5 Å². The Kier molecular flexibility index (Phi) is 5.49. The summed E-state index contributed by atoms with van der Waals surface area (Å²) in [6.07, 6.45) is 2.14. The van der Waals surface area contributed by atoms with E-state index in [1.807, 2.05) is 11.8 Å². The molecule has 0 amide bonds. The number of aryl methyl sites for hydroxylation is 1. The van der Waals surface area contributed by atoms with Gasteiger partial charge in [0, 0.05) is 6.54 Å². The summed E-state index contributed by atoms with van der Waals surface area (Å²) in [6.45, 7) is 2.13. The van der Waals surface area contributed by atoms with Gasteiger partial charge < -0.3 is 5.11 Å². The predicted octanol–water partition coefficient (Wildman–Crippen LogP) is 1.91. The van der Waals surface area contributed by atoms with E-state index in [1.165, 1.54) is 0 Å². The number of benzene rings is 1. The maximum Gasteiger partial charge on any atom is 0.240 e. The van der Waals surface area contributed by atoms with Crippen LogP contribution >= 0.6 is 11.8 Å². The Morgan fingerprint density at radius 2 is 2.05 bits per heavy atom. The molecule has 1 saturated heterocycles. The Morgan fingerprint density at radius 1 is 1.35 bits per heavy atom. The monoisotopic (exact) mass is 315 g/mol. The van der Waals surface area contributed by atoms with E-state index in [-0.39, 0.29) is 11.5 Å². The van der Waals surface area contributed by atoms with Crippen molar-refractivity contribution in [3.63, 3.8) is 0 Å². The molecule has 0 aromatic heterocycles. The largest absolute Gasteiger partial charge is 0.392 e. The molecule has 1 aliphatic heterocycles. The minimum atomic E-state index is -3.49. The number of aliphatic hydroxyl groups is 1. The van der Waals surface area contributed by atoms with Crippen molar-refractivity contribution in [3.8, 4) is 0 Å². The summed E-state index contributed by atoms with van der Waals surface area (Å²) in [7, 11) is -3.49. The van der Waals surface area contributed by atoms with Crippen molar-refractivity contribution >= 4 is 21.8 Å². The lowest BCUT2D eigenvalue weighted by atomic mass is 10.0. The molecule has 2 rings (SSSR count). The third-order valence-electron chi connectivity index (χ3n) is 3.63. The third-order valence-corrected chi connectivity index (χ3v) is 6.24. The molecule has 0 radical (unpaired) electrons. The first-order valence-electron chi connectivity index (χ1n) is 6.81. The van der Waals surface area contributed by atoms with Crippen LogP contribution in [0.25, 0.3) is 0 Å². The molecule has 0 spiro atoms. The number of hydrogen-bond donors (Lipinski definition) is 2. The first kappa shape index (κ1) is 15.8. The third kappa shape index (κ3) is 3.97. The van der Waals surface area contributed by atoms with Crippen LogP contribution < -0.4 is 4.72 Å². The van der Waals surface area contributed by atoms with E-state index in [1.54, 1.807) is 25.1 Å². The molecule has 1 aromatic rings. The summed E-state index contributed by atoms with van der Waals surface area (Å²) in [6, 6.07) is 5.03. The van der Waals surface area contributed by atoms with Crippen molar-refractivity contribution in [3.05, 3.63) is 29.3 Å². The van der Waals surface area contributed by atoms with Crippen LogP contribution in [0.2, 0.25) is 0 Å². The molecule has 20 heavy (non-hydrogen) atoms. The highest BCUT2D eigenvalue weighted by atomic mass is 32.2. The fourth-order valence-electron chi connectivity index (χ4n) is 2.29. The van der Waals surface area contributed by atoms with E-state index in [0.717, 1.165) is 24.3 Å². The Bertz CT molecular complexity index is 552. The van der Waals surface area contributed by atoms with E-state index in [0.29, 0.717) is 23.6 Å². The van der Waals surface area contributed by atoms with E-state index >= 15 is 0 Å². The van der Waals surface area contributed by atoms with Crippen LogP contribution in [0.1, 0.15) is 24.0 Å². The fraction of sp³-hybridized carbons (Fsp3) is 0.571. The molecule has 0 atom stereocenters. The molecule has 4 nitrogen and oxygen atoms in total. The van der Waals surface area contributed by atoms with Gasteiger partial charge in [-0.1, -0.05) is 12.1 Å². The zero-order valence-electron chi connectivity index (χ0n) is 11.6. The van der Waals surface area contributed by atoms with Gasteiger partial charge in [-0.15, -0.1) is 0 Å². The van der Waals surface area contributed by atoms with Crippen LogP contribution in [0.4, 0.5) is 0 Å². The minimum absolute atomic E-state index is 0.150. The molecule has 0 saturated carbocycles. The zero-order chi connectivity index (χ0) is 14.6. The Hall–Kier alpha value is -0.560. The second kappa shape index (κ2) is 6.93. The Balaban J connectivity index is 2.09. The summed E-state index contributed by atoms with van der Waals surface area (Å²) in [5.74, 6) is 2.67. The fourth-order valence-corrected chi connectivity index (χ4v) is 4.90. The lowest BCUT2D eigenvalue weighted by Gasteiger charge is -2.21. The van der Waals surface area contributed by atoms with Gasteiger partial charge in [-0.3, -0.25) is 0 Å². The normalized spacial score (nSPS) is 17.3. The number of hydrogen-bond acceptors (Lipinski definition) is 4. The number of thioether (sulfide) groups is 1. The van der Waals surface area contributed by atoms with Gasteiger partial charge >= 0.3 is 0 Å². The maximum absolute atomic E-state index is 12.4. The smallest absolute Gasteiger partial charge is 0.240 e. The number of sulfonamides is 1. The van der Waals surface area contributed by atoms with E-state index < -0.39 is 10.0 Å². The van der Waals surface area contributed by atoms with Gasteiger partial charge in [-0.2, -0.15) is 11.8 Å². The van der Waals surface area contributed by atoms with Crippen molar-refractivity contribution in [2.24, 2.45) is 5.92 Å². The number of rotatable bonds is 5. The molecule has 1 aliphatic rings. The standard InChI is InChI=1S/C14H21NO3S2/c1-11-2-3-13(10-16)8-14(11)20(17,18)15-9-12-4-6-19-7-5-12/h2-3,8,12,15-16H,4-7,9-10H2,1H3. The van der Waals surface area contributed by atoms with E-state index in [9.17, 15) is 8.42 Å². The topological polar surface area (TPSA) is 66.4 Å². The average Bonchev–Trinajstić information content (AvgIpc) is 2.47. The highest BCUT2D eigenvalue weighted by molar-refractivity contribution is 7.99. The molecule has 112 valence electrons. The SMILES string of the molecule is Cc1ccc(CO)cc1S(=O)(=O)NCC1CCSCC1. The Labute approximate surface area is 125 Å². The van der Waals surface area contributed by atoms with Crippen LogP contribution in [-0.2, 0) is 16.6 Å². The maximum atomic E-state index is 12.4. The van der Waals surface area contributed by atoms with Gasteiger partial charge in [-0.05, 0) is 54.4 Å². The summed E-state index contributed by atoms with van der Waals surface area (Å²) in [4.78, 5) is 0.272. The summed E-state index contributed by atoms with van der Waals surface area (Å²) >= 11 is 1.93. The van der Waals surface area contributed by atoms with Crippen LogP contribution in [0, 0.1) is 12.8 Å². The number of nitrogens with one attached hydrogen (secondary N) is 1. The molecule has 0 aliphatic carbocycles. The quantitative estimate of drug-likeness (QED) is 0.871. The molecular weight excluding hydrogens is 294 g/mol. The van der Waals surface area contributed by atoms with Crippen molar-refractivity contribution in [2.45, 2.75) is 31.3 Å². The second-order valence-electron chi connectivity index (χ2n) is 5.17. The molecule has 0 unspecified atom stereocenters. The first-order valence-corrected chi connectivity index (χ1v) is 9.44.